The fourth-order valence-electron chi connectivity index (χ4n) is 2.86. The van der Waals surface area contributed by atoms with Crippen molar-refractivity contribution in [2.45, 2.75) is 19.3 Å². The Balaban J connectivity index is 0.00000161. The molecule has 6 heteroatoms. The fourth-order valence-corrected chi connectivity index (χ4v) is 3.75. The van der Waals surface area contributed by atoms with Crippen LogP contribution in [0.25, 0.3) is 10.2 Å². The maximum atomic E-state index is 12.2. The summed E-state index contributed by atoms with van der Waals surface area (Å²) in [4.78, 5) is 16.7. The van der Waals surface area contributed by atoms with Crippen LogP contribution in [0.15, 0.2) is 24.3 Å². The van der Waals surface area contributed by atoms with Crippen molar-refractivity contribution >= 4 is 32.6 Å². The Morgan fingerprint density at radius 1 is 1.29 bits per heavy atom. The van der Waals surface area contributed by atoms with Gasteiger partial charge in [0.2, 0.25) is 0 Å². The lowest BCUT2D eigenvalue weighted by molar-refractivity contribution is -0.906. The molecular formula is C15H20IN3OS. The van der Waals surface area contributed by atoms with Crippen molar-refractivity contribution < 1.29 is 33.3 Å². The maximum absolute atomic E-state index is 12.2. The van der Waals surface area contributed by atoms with E-state index in [9.17, 15) is 4.79 Å². The molecule has 0 aliphatic carbocycles. The average Bonchev–Trinajstić information content (AvgIpc) is 2.80. The summed E-state index contributed by atoms with van der Waals surface area (Å²) >= 11 is 1.54. The number of hydrogen-bond donors (Lipinski definition) is 1. The number of thiazole rings is 1. The number of halogens is 1. The second-order valence-corrected chi connectivity index (χ2v) is 6.85. The number of rotatable bonds is 3. The highest BCUT2D eigenvalue weighted by atomic mass is 127. The van der Waals surface area contributed by atoms with Crippen LogP contribution < -0.4 is 29.3 Å². The molecule has 4 nitrogen and oxygen atoms in total. The van der Waals surface area contributed by atoms with Crippen molar-refractivity contribution in [3.8, 4) is 0 Å². The Kier molecular flexibility index (Phi) is 5.56. The van der Waals surface area contributed by atoms with Crippen LogP contribution >= 0.6 is 11.3 Å². The lowest BCUT2D eigenvalue weighted by atomic mass is 10.1. The van der Waals surface area contributed by atoms with Gasteiger partial charge in [-0.3, -0.25) is 10.1 Å². The highest BCUT2D eigenvalue weighted by Crippen LogP contribution is 2.25. The summed E-state index contributed by atoms with van der Waals surface area (Å²) in [5, 5.41) is 3.66. The van der Waals surface area contributed by atoms with E-state index >= 15 is 0 Å². The van der Waals surface area contributed by atoms with Crippen molar-refractivity contribution in [3.05, 3.63) is 24.3 Å². The quantitative estimate of drug-likeness (QED) is 0.559. The molecule has 2 aromatic rings. The van der Waals surface area contributed by atoms with Crippen LogP contribution in [0.2, 0.25) is 0 Å². The molecule has 3 rings (SSSR count). The second kappa shape index (κ2) is 7.02. The van der Waals surface area contributed by atoms with Gasteiger partial charge in [-0.1, -0.05) is 23.5 Å². The molecule has 1 amide bonds. The van der Waals surface area contributed by atoms with Crippen LogP contribution in [-0.4, -0.2) is 42.1 Å². The molecule has 2 heterocycles. The number of aromatic nitrogens is 1. The first-order valence-corrected chi connectivity index (χ1v) is 7.95. The van der Waals surface area contributed by atoms with Crippen LogP contribution in [0.3, 0.4) is 0 Å². The summed E-state index contributed by atoms with van der Waals surface area (Å²) in [5.41, 5.74) is 0.950. The van der Waals surface area contributed by atoms with Crippen molar-refractivity contribution in [1.82, 2.24) is 4.98 Å². The molecule has 21 heavy (non-hydrogen) atoms. The van der Waals surface area contributed by atoms with Gasteiger partial charge in [0.15, 0.2) is 11.7 Å². The standard InChI is InChI=1S/C15H19N3OS.HI/c1-18(9-5-2-6-10-18)11-14(19)17-15-16-12-7-3-4-8-13(12)20-15;/h3-4,7-8H,2,5-6,9-11H2,1H3;1H. The van der Waals surface area contributed by atoms with Crippen LogP contribution in [0.4, 0.5) is 5.13 Å². The molecule has 1 N–H and O–H groups in total. The van der Waals surface area contributed by atoms with Gasteiger partial charge in [0.1, 0.15) is 0 Å². The Bertz CT molecular complexity index is 589. The first-order valence-electron chi connectivity index (χ1n) is 7.14. The summed E-state index contributed by atoms with van der Waals surface area (Å²) in [7, 11) is 2.18. The van der Waals surface area contributed by atoms with Gasteiger partial charge in [-0.25, -0.2) is 4.98 Å². The van der Waals surface area contributed by atoms with E-state index in [0.29, 0.717) is 11.7 Å². The molecule has 0 spiro atoms. The van der Waals surface area contributed by atoms with Gasteiger partial charge >= 0.3 is 0 Å². The van der Waals surface area contributed by atoms with Crippen LogP contribution in [0, 0.1) is 0 Å². The molecule has 0 bridgehead atoms. The number of piperidine rings is 1. The molecule has 1 aromatic heterocycles. The molecule has 1 aromatic carbocycles. The third kappa shape index (κ3) is 4.14. The van der Waals surface area contributed by atoms with Crippen LogP contribution in [0.1, 0.15) is 19.3 Å². The molecule has 1 fully saturated rings. The first kappa shape index (κ1) is 16.6. The van der Waals surface area contributed by atoms with E-state index in [2.05, 4.69) is 17.3 Å². The number of likely N-dealkylation sites (N-methyl/N-ethyl adjacent to an activating group) is 1. The van der Waals surface area contributed by atoms with E-state index in [0.717, 1.165) is 27.8 Å². The first-order chi connectivity index (χ1) is 9.65. The molecule has 1 aliphatic heterocycles. The number of nitrogens with one attached hydrogen (secondary N) is 1. The molecule has 0 radical (unpaired) electrons. The van der Waals surface area contributed by atoms with Crippen molar-refractivity contribution in [1.29, 1.82) is 0 Å². The van der Waals surface area contributed by atoms with Gasteiger partial charge in [-0.2, -0.15) is 0 Å². The zero-order chi connectivity index (χ0) is 14.0. The third-order valence-corrected chi connectivity index (χ3v) is 4.91. The summed E-state index contributed by atoms with van der Waals surface area (Å²) in [6.45, 7) is 2.76. The molecule has 0 atom stereocenters. The number of nitrogens with zero attached hydrogens (tertiary/aromatic N) is 2. The lowest BCUT2D eigenvalue weighted by Gasteiger charge is -2.36. The number of para-hydroxylation sites is 1. The van der Waals surface area contributed by atoms with Gasteiger partial charge in [-0.05, 0) is 31.4 Å². The van der Waals surface area contributed by atoms with Crippen molar-refractivity contribution in [3.63, 3.8) is 0 Å². The van der Waals surface area contributed by atoms with Gasteiger partial charge < -0.3 is 28.5 Å². The Hall–Kier alpha value is -0.730. The Morgan fingerprint density at radius 2 is 2.00 bits per heavy atom. The number of carbonyl (C=O) groups is 1. The van der Waals surface area contributed by atoms with E-state index in [1.807, 2.05) is 24.3 Å². The average molecular weight is 417 g/mol. The topological polar surface area (TPSA) is 42.0 Å². The predicted molar refractivity (Wildman–Crippen MR) is 82.9 cm³/mol. The van der Waals surface area contributed by atoms with Gasteiger partial charge in [-0.15, -0.1) is 0 Å². The molecule has 1 saturated heterocycles. The zero-order valence-corrected chi connectivity index (χ0v) is 15.1. The minimum absolute atomic E-state index is 0. The largest absolute Gasteiger partial charge is 1.00 e. The van der Waals surface area contributed by atoms with Crippen LogP contribution in [0.5, 0.6) is 0 Å². The zero-order valence-electron chi connectivity index (χ0n) is 12.1. The highest BCUT2D eigenvalue weighted by Gasteiger charge is 2.27. The third-order valence-electron chi connectivity index (χ3n) is 3.96. The van der Waals surface area contributed by atoms with E-state index in [1.165, 1.54) is 30.6 Å². The maximum Gasteiger partial charge on any atom is 0.281 e. The Morgan fingerprint density at radius 3 is 2.71 bits per heavy atom. The van der Waals surface area contributed by atoms with E-state index < -0.39 is 0 Å². The second-order valence-electron chi connectivity index (χ2n) is 5.82. The van der Waals surface area contributed by atoms with Gasteiger partial charge in [0, 0.05) is 0 Å². The lowest BCUT2D eigenvalue weighted by Crippen LogP contribution is -3.00. The fraction of sp³-hybridized carbons (Fsp3) is 0.467. The van der Waals surface area contributed by atoms with E-state index in [-0.39, 0.29) is 29.9 Å². The van der Waals surface area contributed by atoms with E-state index in [4.69, 9.17) is 0 Å². The number of amides is 1. The summed E-state index contributed by atoms with van der Waals surface area (Å²) in [6.07, 6.45) is 3.75. The highest BCUT2D eigenvalue weighted by molar-refractivity contribution is 7.22. The smallest absolute Gasteiger partial charge is 0.281 e. The summed E-state index contributed by atoms with van der Waals surface area (Å²) in [5.74, 6) is 0.0773. The molecular weight excluding hydrogens is 397 g/mol. The molecule has 1 aliphatic rings. The summed E-state index contributed by atoms with van der Waals surface area (Å²) < 4.78 is 1.97. The van der Waals surface area contributed by atoms with E-state index in [1.54, 1.807) is 0 Å². The van der Waals surface area contributed by atoms with Crippen molar-refractivity contribution in [2.24, 2.45) is 0 Å². The van der Waals surface area contributed by atoms with Crippen LogP contribution in [-0.2, 0) is 4.79 Å². The monoisotopic (exact) mass is 417 g/mol. The number of quaternary nitrogens is 1. The number of benzene rings is 1. The van der Waals surface area contributed by atoms with Gasteiger partial charge in [0.25, 0.3) is 5.91 Å². The van der Waals surface area contributed by atoms with Gasteiger partial charge in [0.05, 0.1) is 30.4 Å². The number of hydrogen-bond acceptors (Lipinski definition) is 3. The predicted octanol–water partition coefficient (Wildman–Crippen LogP) is -0.131. The number of carbonyl (C=O) groups excluding carboxylic acids is 1. The molecule has 114 valence electrons. The molecule has 0 unspecified atom stereocenters. The van der Waals surface area contributed by atoms with Crippen molar-refractivity contribution in [2.75, 3.05) is 32.0 Å². The SMILES string of the molecule is C[N+]1(CC(=O)Nc2nc3ccccc3s2)CCCCC1.[I-]. The number of anilines is 1. The Labute approximate surface area is 146 Å². The minimum atomic E-state index is 0. The summed E-state index contributed by atoms with van der Waals surface area (Å²) in [6, 6.07) is 7.96. The normalized spacial score (nSPS) is 17.2. The molecule has 0 saturated carbocycles. The number of fused-ring (bicyclic) bond motifs is 1. The number of likely N-dealkylation sites (tertiary alicyclic amines) is 1. The minimum Gasteiger partial charge on any atom is -1.00 e.